The molecule has 0 aromatic carbocycles. The van der Waals surface area contributed by atoms with Crippen LogP contribution in [0.1, 0.15) is 27.7 Å². The van der Waals surface area contributed by atoms with Crippen molar-refractivity contribution < 1.29 is 14.3 Å². The van der Waals surface area contributed by atoms with Gasteiger partial charge in [-0.25, -0.2) is 0 Å². The molecule has 1 aliphatic heterocycles. The third kappa shape index (κ3) is 4.82. The highest BCUT2D eigenvalue weighted by molar-refractivity contribution is 6.18. The Balaban J connectivity index is 2.49. The van der Waals surface area contributed by atoms with Crippen molar-refractivity contribution in [1.82, 2.24) is 4.90 Å². The first-order chi connectivity index (χ1) is 7.83. The molecule has 4 nitrogen and oxygen atoms in total. The number of amides is 1. The van der Waals surface area contributed by atoms with Gasteiger partial charge in [-0.05, 0) is 27.7 Å². The maximum atomic E-state index is 12.0. The Morgan fingerprint density at radius 3 is 2.71 bits per heavy atom. The van der Waals surface area contributed by atoms with E-state index in [-0.39, 0.29) is 30.3 Å². The van der Waals surface area contributed by atoms with Crippen LogP contribution < -0.4 is 0 Å². The number of hydrogen-bond acceptors (Lipinski definition) is 3. The zero-order valence-corrected chi connectivity index (χ0v) is 11.8. The van der Waals surface area contributed by atoms with Crippen molar-refractivity contribution in [3.63, 3.8) is 0 Å². The van der Waals surface area contributed by atoms with Gasteiger partial charge in [0.05, 0.1) is 30.2 Å². The Kier molecular flexibility index (Phi) is 5.22. The minimum Gasteiger partial charge on any atom is -0.373 e. The molecule has 0 aromatic heterocycles. The Morgan fingerprint density at radius 1 is 1.53 bits per heavy atom. The van der Waals surface area contributed by atoms with E-state index in [9.17, 15) is 4.79 Å². The lowest BCUT2D eigenvalue weighted by Crippen LogP contribution is -2.53. The number of alkyl halides is 1. The van der Waals surface area contributed by atoms with Gasteiger partial charge in [0.1, 0.15) is 6.61 Å². The van der Waals surface area contributed by atoms with Gasteiger partial charge in [0.15, 0.2) is 0 Å². The van der Waals surface area contributed by atoms with Gasteiger partial charge >= 0.3 is 0 Å². The molecule has 1 heterocycles. The first kappa shape index (κ1) is 14.7. The Hall–Kier alpha value is -0.320. The van der Waals surface area contributed by atoms with Gasteiger partial charge < -0.3 is 14.4 Å². The van der Waals surface area contributed by atoms with E-state index in [4.69, 9.17) is 21.1 Å². The fourth-order valence-electron chi connectivity index (χ4n) is 1.62. The quantitative estimate of drug-likeness (QED) is 0.727. The Morgan fingerprint density at radius 2 is 2.18 bits per heavy atom. The molecule has 0 aliphatic carbocycles. The largest absolute Gasteiger partial charge is 0.373 e. The molecule has 0 aromatic rings. The third-order valence-corrected chi connectivity index (χ3v) is 2.97. The van der Waals surface area contributed by atoms with Crippen LogP contribution in [-0.4, -0.2) is 54.2 Å². The molecule has 0 saturated carbocycles. The molecule has 17 heavy (non-hydrogen) atoms. The van der Waals surface area contributed by atoms with E-state index in [0.717, 1.165) is 0 Å². The molecule has 0 bridgehead atoms. The molecule has 100 valence electrons. The lowest BCUT2D eigenvalue weighted by atomic mass is 10.2. The van der Waals surface area contributed by atoms with Crippen LogP contribution in [-0.2, 0) is 14.3 Å². The summed E-state index contributed by atoms with van der Waals surface area (Å²) in [4.78, 5) is 13.8. The van der Waals surface area contributed by atoms with Crippen molar-refractivity contribution in [1.29, 1.82) is 0 Å². The molecule has 0 N–H and O–H groups in total. The summed E-state index contributed by atoms with van der Waals surface area (Å²) in [6.45, 7) is 8.98. The van der Waals surface area contributed by atoms with Crippen LogP contribution in [0, 0.1) is 0 Å². The van der Waals surface area contributed by atoms with E-state index >= 15 is 0 Å². The second kappa shape index (κ2) is 6.03. The molecule has 1 fully saturated rings. The van der Waals surface area contributed by atoms with Gasteiger partial charge in [-0.2, -0.15) is 0 Å². The predicted octanol–water partition coefficient (Wildman–Crippen LogP) is 1.66. The zero-order chi connectivity index (χ0) is 13.1. The highest BCUT2D eigenvalue weighted by Crippen LogP contribution is 2.14. The molecule has 0 spiro atoms. The van der Waals surface area contributed by atoms with Crippen molar-refractivity contribution in [3.8, 4) is 0 Å². The molecule has 2 atom stereocenters. The minimum atomic E-state index is -0.295. The van der Waals surface area contributed by atoms with Crippen LogP contribution >= 0.6 is 11.6 Å². The summed E-state index contributed by atoms with van der Waals surface area (Å²) in [5.74, 6) is 0.419. The normalized spacial score (nSPS) is 26.1. The van der Waals surface area contributed by atoms with Gasteiger partial charge in [0.2, 0.25) is 5.91 Å². The molecule has 1 aliphatic rings. The SMILES string of the molecule is CC1COC(CCl)CN1C(=O)COC(C)(C)C. The first-order valence-corrected chi connectivity index (χ1v) is 6.48. The summed E-state index contributed by atoms with van der Waals surface area (Å²) in [5, 5.41) is 0. The van der Waals surface area contributed by atoms with Crippen molar-refractivity contribution in [2.45, 2.75) is 45.4 Å². The van der Waals surface area contributed by atoms with Crippen molar-refractivity contribution in [3.05, 3.63) is 0 Å². The third-order valence-electron chi connectivity index (χ3n) is 2.63. The topological polar surface area (TPSA) is 38.8 Å². The fourth-order valence-corrected chi connectivity index (χ4v) is 1.81. The number of carbonyl (C=O) groups excluding carboxylic acids is 1. The summed E-state index contributed by atoms with van der Waals surface area (Å²) >= 11 is 5.75. The molecule has 1 saturated heterocycles. The lowest BCUT2D eigenvalue weighted by Gasteiger charge is -2.37. The van der Waals surface area contributed by atoms with Gasteiger partial charge in [0.25, 0.3) is 0 Å². The summed E-state index contributed by atoms with van der Waals surface area (Å²) < 4.78 is 11.0. The van der Waals surface area contributed by atoms with Crippen LogP contribution in [0.4, 0.5) is 0 Å². The van der Waals surface area contributed by atoms with Crippen molar-refractivity contribution in [2.75, 3.05) is 25.6 Å². The maximum Gasteiger partial charge on any atom is 0.249 e. The van der Waals surface area contributed by atoms with E-state index in [1.807, 2.05) is 27.7 Å². The predicted molar refractivity (Wildman–Crippen MR) is 67.3 cm³/mol. The van der Waals surface area contributed by atoms with E-state index in [1.54, 1.807) is 4.90 Å². The van der Waals surface area contributed by atoms with Gasteiger partial charge in [-0.3, -0.25) is 4.79 Å². The standard InChI is InChI=1S/C12H22ClNO3/c1-9-7-16-10(5-13)6-14(9)11(15)8-17-12(2,3)4/h9-10H,5-8H2,1-4H3. The number of hydrogen-bond donors (Lipinski definition) is 0. The average molecular weight is 264 g/mol. The number of nitrogens with zero attached hydrogens (tertiary/aromatic N) is 1. The van der Waals surface area contributed by atoms with Crippen LogP contribution in [0.25, 0.3) is 0 Å². The molecular formula is C12H22ClNO3. The molecule has 0 radical (unpaired) electrons. The molecule has 1 rings (SSSR count). The van der Waals surface area contributed by atoms with Crippen LogP contribution in [0.15, 0.2) is 0 Å². The summed E-state index contributed by atoms with van der Waals surface area (Å²) in [5.41, 5.74) is -0.295. The Labute approximate surface area is 108 Å². The van der Waals surface area contributed by atoms with Crippen molar-refractivity contribution >= 4 is 17.5 Å². The number of halogens is 1. The zero-order valence-electron chi connectivity index (χ0n) is 11.0. The van der Waals surface area contributed by atoms with E-state index in [1.165, 1.54) is 0 Å². The average Bonchev–Trinajstić information content (AvgIpc) is 2.25. The molecular weight excluding hydrogens is 242 g/mol. The number of rotatable bonds is 3. The highest BCUT2D eigenvalue weighted by Gasteiger charge is 2.29. The summed E-state index contributed by atoms with van der Waals surface area (Å²) in [6, 6.07) is 0.0885. The second-order valence-electron chi connectivity index (χ2n) is 5.41. The maximum absolute atomic E-state index is 12.0. The summed E-state index contributed by atoms with van der Waals surface area (Å²) in [6.07, 6.45) is -0.0635. The second-order valence-corrected chi connectivity index (χ2v) is 5.71. The van der Waals surface area contributed by atoms with Gasteiger partial charge in [-0.15, -0.1) is 11.6 Å². The molecule has 2 unspecified atom stereocenters. The van der Waals surface area contributed by atoms with Crippen molar-refractivity contribution in [2.24, 2.45) is 0 Å². The monoisotopic (exact) mass is 263 g/mol. The van der Waals surface area contributed by atoms with Crippen LogP contribution in [0.2, 0.25) is 0 Å². The van der Waals surface area contributed by atoms with Gasteiger partial charge in [-0.1, -0.05) is 0 Å². The smallest absolute Gasteiger partial charge is 0.249 e. The van der Waals surface area contributed by atoms with E-state index in [2.05, 4.69) is 0 Å². The first-order valence-electron chi connectivity index (χ1n) is 5.94. The number of ether oxygens (including phenoxy) is 2. The van der Waals surface area contributed by atoms with E-state index < -0.39 is 0 Å². The Bertz CT molecular complexity index is 265. The van der Waals surface area contributed by atoms with Crippen LogP contribution in [0.5, 0.6) is 0 Å². The molecule has 5 heteroatoms. The van der Waals surface area contributed by atoms with Gasteiger partial charge in [0, 0.05) is 6.54 Å². The number of carbonyl (C=O) groups is 1. The highest BCUT2D eigenvalue weighted by atomic mass is 35.5. The fraction of sp³-hybridized carbons (Fsp3) is 0.917. The lowest BCUT2D eigenvalue weighted by molar-refractivity contribution is -0.152. The number of morpholine rings is 1. The minimum absolute atomic E-state index is 0.00541. The summed E-state index contributed by atoms with van der Waals surface area (Å²) in [7, 11) is 0. The van der Waals surface area contributed by atoms with E-state index in [0.29, 0.717) is 19.0 Å². The molecule has 1 amide bonds. The van der Waals surface area contributed by atoms with Crippen LogP contribution in [0.3, 0.4) is 0 Å².